The lowest BCUT2D eigenvalue weighted by Gasteiger charge is -2.48. The van der Waals surface area contributed by atoms with Crippen LogP contribution in [0, 0.1) is 0 Å². The molecule has 2 aliphatic rings. The highest BCUT2D eigenvalue weighted by atomic mass is 79.9. The Morgan fingerprint density at radius 3 is 2.76 bits per heavy atom. The molecule has 0 saturated heterocycles. The highest BCUT2D eigenvalue weighted by Gasteiger charge is 2.45. The number of carbonyl (C=O) groups is 1. The summed E-state index contributed by atoms with van der Waals surface area (Å²) in [6.07, 6.45) is 4.28. The van der Waals surface area contributed by atoms with E-state index >= 15 is 0 Å². The number of benzene rings is 2. The van der Waals surface area contributed by atoms with Crippen molar-refractivity contribution in [1.82, 2.24) is 10.6 Å². The van der Waals surface area contributed by atoms with E-state index in [1.807, 2.05) is 42.5 Å². The Kier molecular flexibility index (Phi) is 8.07. The van der Waals surface area contributed by atoms with Crippen LogP contribution in [-0.2, 0) is 16.0 Å². The van der Waals surface area contributed by atoms with Crippen LogP contribution in [0.1, 0.15) is 49.3 Å². The number of halogens is 1. The van der Waals surface area contributed by atoms with Crippen molar-refractivity contribution in [1.29, 1.82) is 0 Å². The van der Waals surface area contributed by atoms with Crippen LogP contribution in [-0.4, -0.2) is 49.0 Å². The first kappa shape index (κ1) is 24.2. The molecule has 2 aromatic rings. The highest BCUT2D eigenvalue weighted by Crippen LogP contribution is 2.49. The Hall–Kier alpha value is -1.93. The molecule has 2 aromatic carbocycles. The number of methoxy groups -OCH3 is 1. The molecule has 1 aliphatic heterocycles. The maximum atomic E-state index is 12.4. The van der Waals surface area contributed by atoms with Crippen molar-refractivity contribution in [2.75, 3.05) is 20.3 Å². The molecule has 0 radical (unpaired) electrons. The largest absolute Gasteiger partial charge is 0.487 e. The molecule has 33 heavy (non-hydrogen) atoms. The fraction of sp³-hybridized carbons (Fsp3) is 0.500. The first-order valence-electron chi connectivity index (χ1n) is 11.7. The summed E-state index contributed by atoms with van der Waals surface area (Å²) in [5, 5.41) is 17.7. The SMILES string of the molecule is COCCC(=O)N[C@@H](Cc1ccccc1)[C@H](O)CN[C@H]1CC2(CCC2)Oc2ccc(Br)cc21. The van der Waals surface area contributed by atoms with Gasteiger partial charge in [-0.3, -0.25) is 4.79 Å². The molecule has 7 heteroatoms. The van der Waals surface area contributed by atoms with Crippen LogP contribution in [0.4, 0.5) is 0 Å². The molecule has 1 fully saturated rings. The number of nitrogens with one attached hydrogen (secondary N) is 2. The molecule has 1 spiro atoms. The van der Waals surface area contributed by atoms with Gasteiger partial charge in [0.15, 0.2) is 0 Å². The van der Waals surface area contributed by atoms with Crippen LogP contribution >= 0.6 is 15.9 Å². The van der Waals surface area contributed by atoms with E-state index in [1.54, 1.807) is 7.11 Å². The summed E-state index contributed by atoms with van der Waals surface area (Å²) in [6.45, 7) is 0.725. The van der Waals surface area contributed by atoms with Crippen molar-refractivity contribution in [3.05, 3.63) is 64.1 Å². The van der Waals surface area contributed by atoms with Crippen molar-refractivity contribution >= 4 is 21.8 Å². The predicted molar refractivity (Wildman–Crippen MR) is 131 cm³/mol. The van der Waals surface area contributed by atoms with Gasteiger partial charge in [0.2, 0.25) is 5.91 Å². The van der Waals surface area contributed by atoms with Crippen LogP contribution in [0.25, 0.3) is 0 Å². The molecule has 1 amide bonds. The first-order valence-corrected chi connectivity index (χ1v) is 12.5. The molecule has 1 saturated carbocycles. The summed E-state index contributed by atoms with van der Waals surface area (Å²) < 4.78 is 12.4. The number of rotatable bonds is 10. The van der Waals surface area contributed by atoms with Gasteiger partial charge in [0.25, 0.3) is 0 Å². The summed E-state index contributed by atoms with van der Waals surface area (Å²) in [7, 11) is 1.58. The van der Waals surface area contributed by atoms with Crippen molar-refractivity contribution in [2.45, 2.75) is 62.3 Å². The number of aliphatic hydroxyl groups excluding tert-OH is 1. The van der Waals surface area contributed by atoms with Gasteiger partial charge in [-0.05, 0) is 49.4 Å². The Morgan fingerprint density at radius 2 is 2.06 bits per heavy atom. The first-order chi connectivity index (χ1) is 16.0. The summed E-state index contributed by atoms with van der Waals surface area (Å²) in [5.74, 6) is 0.801. The number of hydrogen-bond acceptors (Lipinski definition) is 5. The van der Waals surface area contributed by atoms with E-state index in [4.69, 9.17) is 9.47 Å². The highest BCUT2D eigenvalue weighted by molar-refractivity contribution is 9.10. The number of ether oxygens (including phenoxy) is 2. The average molecular weight is 517 g/mol. The molecule has 1 aliphatic carbocycles. The summed E-state index contributed by atoms with van der Waals surface area (Å²) in [6, 6.07) is 15.8. The lowest BCUT2D eigenvalue weighted by atomic mass is 9.73. The van der Waals surface area contributed by atoms with Gasteiger partial charge in [-0.15, -0.1) is 0 Å². The molecule has 4 rings (SSSR count). The van der Waals surface area contributed by atoms with Crippen LogP contribution in [0.15, 0.2) is 53.0 Å². The zero-order valence-electron chi connectivity index (χ0n) is 19.1. The minimum atomic E-state index is -0.743. The van der Waals surface area contributed by atoms with Crippen molar-refractivity contribution in [3.63, 3.8) is 0 Å². The number of carbonyl (C=O) groups excluding carboxylic acids is 1. The second-order valence-corrected chi connectivity index (χ2v) is 10.1. The van der Waals surface area contributed by atoms with Gasteiger partial charge >= 0.3 is 0 Å². The number of aliphatic hydroxyl groups is 1. The molecule has 3 N–H and O–H groups in total. The Bertz CT molecular complexity index is 935. The fourth-order valence-corrected chi connectivity index (χ4v) is 5.11. The van der Waals surface area contributed by atoms with Crippen molar-refractivity contribution in [2.24, 2.45) is 0 Å². The average Bonchev–Trinajstić information content (AvgIpc) is 2.80. The standard InChI is InChI=1S/C26H33BrN2O4/c1-32-13-10-25(31)29-21(14-18-6-3-2-4-7-18)23(30)17-28-22-16-26(11-5-12-26)33-24-9-8-19(27)15-20(22)24/h2-4,6-9,15,21-23,28,30H,5,10-14,16-17H2,1H3,(H,29,31)/t21-,22-,23+/m0/s1. The van der Waals surface area contributed by atoms with Gasteiger partial charge in [-0.2, -0.15) is 0 Å². The van der Waals surface area contributed by atoms with E-state index in [0.29, 0.717) is 19.6 Å². The quantitative estimate of drug-likeness (QED) is 0.446. The minimum Gasteiger partial charge on any atom is -0.487 e. The lowest BCUT2D eigenvalue weighted by molar-refractivity contribution is -0.123. The molecule has 0 bridgehead atoms. The molecule has 0 aromatic heterocycles. The zero-order chi connectivity index (χ0) is 23.3. The van der Waals surface area contributed by atoms with Gasteiger partial charge < -0.3 is 25.2 Å². The van der Waals surface area contributed by atoms with E-state index in [1.165, 1.54) is 6.42 Å². The lowest BCUT2D eigenvalue weighted by Crippen LogP contribution is -2.52. The minimum absolute atomic E-state index is 0.0859. The van der Waals surface area contributed by atoms with Crippen LogP contribution < -0.4 is 15.4 Å². The third kappa shape index (κ3) is 6.15. The van der Waals surface area contributed by atoms with Crippen LogP contribution in [0.5, 0.6) is 5.75 Å². The van der Waals surface area contributed by atoms with Gasteiger partial charge in [0.05, 0.1) is 18.8 Å². The van der Waals surface area contributed by atoms with Crippen molar-refractivity contribution < 1.29 is 19.4 Å². The summed E-state index contributed by atoms with van der Waals surface area (Å²) >= 11 is 3.58. The Morgan fingerprint density at radius 1 is 1.27 bits per heavy atom. The number of amides is 1. The fourth-order valence-electron chi connectivity index (χ4n) is 4.73. The van der Waals surface area contributed by atoms with Gasteiger partial charge in [0, 0.05) is 42.6 Å². The van der Waals surface area contributed by atoms with Gasteiger partial charge in [-0.25, -0.2) is 0 Å². The van der Waals surface area contributed by atoms with E-state index < -0.39 is 12.1 Å². The molecule has 6 nitrogen and oxygen atoms in total. The number of fused-ring (bicyclic) bond motifs is 1. The number of hydrogen-bond donors (Lipinski definition) is 3. The third-order valence-electron chi connectivity index (χ3n) is 6.73. The Labute approximate surface area is 204 Å². The summed E-state index contributed by atoms with van der Waals surface area (Å²) in [5.41, 5.74) is 2.08. The smallest absolute Gasteiger partial charge is 0.222 e. The summed E-state index contributed by atoms with van der Waals surface area (Å²) in [4.78, 5) is 12.4. The second-order valence-electron chi connectivity index (χ2n) is 9.16. The predicted octanol–water partition coefficient (Wildman–Crippen LogP) is 3.91. The molecular formula is C26H33BrN2O4. The van der Waals surface area contributed by atoms with E-state index in [2.05, 4.69) is 32.6 Å². The third-order valence-corrected chi connectivity index (χ3v) is 7.22. The maximum absolute atomic E-state index is 12.4. The second kappa shape index (κ2) is 11.0. The van der Waals surface area contributed by atoms with E-state index in [-0.39, 0.29) is 24.0 Å². The van der Waals surface area contributed by atoms with Gasteiger partial charge in [0.1, 0.15) is 11.4 Å². The molecule has 3 atom stereocenters. The maximum Gasteiger partial charge on any atom is 0.222 e. The van der Waals surface area contributed by atoms with Gasteiger partial charge in [-0.1, -0.05) is 46.3 Å². The van der Waals surface area contributed by atoms with Crippen LogP contribution in [0.3, 0.4) is 0 Å². The zero-order valence-corrected chi connectivity index (χ0v) is 20.6. The van der Waals surface area contributed by atoms with E-state index in [9.17, 15) is 9.90 Å². The molecule has 178 valence electrons. The van der Waals surface area contributed by atoms with E-state index in [0.717, 1.165) is 40.6 Å². The Balaban J connectivity index is 1.45. The molecule has 0 unspecified atom stereocenters. The molecular weight excluding hydrogens is 484 g/mol. The topological polar surface area (TPSA) is 79.8 Å². The van der Waals surface area contributed by atoms with Crippen LogP contribution in [0.2, 0.25) is 0 Å². The monoisotopic (exact) mass is 516 g/mol. The normalized spacial score (nSPS) is 20.3. The molecule has 1 heterocycles. The van der Waals surface area contributed by atoms with Crippen molar-refractivity contribution in [3.8, 4) is 5.75 Å².